The van der Waals surface area contributed by atoms with Gasteiger partial charge < -0.3 is 10.1 Å². The molecule has 0 aliphatic carbocycles. The van der Waals surface area contributed by atoms with Crippen LogP contribution in [0.2, 0.25) is 0 Å². The number of ether oxygens (including phenoxy) is 1. The summed E-state index contributed by atoms with van der Waals surface area (Å²) in [5.74, 6) is -1.47. The van der Waals surface area contributed by atoms with Gasteiger partial charge in [-0.15, -0.1) is 0 Å². The molecule has 2 aromatic carbocycles. The van der Waals surface area contributed by atoms with Crippen LogP contribution in [0.4, 0.5) is 13.2 Å². The first-order chi connectivity index (χ1) is 12.8. The molecule has 2 aromatic rings. The van der Waals surface area contributed by atoms with Gasteiger partial charge in [-0.3, -0.25) is 4.79 Å². The summed E-state index contributed by atoms with van der Waals surface area (Å²) in [6.07, 6.45) is -0.974. The number of alkyl halides is 3. The molecule has 0 radical (unpaired) electrons. The first-order valence-corrected chi connectivity index (χ1v) is 8.09. The number of benzene rings is 2. The average Bonchev–Trinajstić information content (AvgIpc) is 2.66. The molecule has 0 aromatic heterocycles. The summed E-state index contributed by atoms with van der Waals surface area (Å²) in [6, 6.07) is 12.3. The third kappa shape index (κ3) is 5.99. The van der Waals surface area contributed by atoms with Crippen LogP contribution in [0.5, 0.6) is 0 Å². The number of rotatable bonds is 6. The molecule has 142 valence electrons. The topological polar surface area (TPSA) is 55.4 Å². The molecule has 0 saturated heterocycles. The minimum Gasteiger partial charge on any atom is -0.467 e. The molecule has 0 spiro atoms. The lowest BCUT2D eigenvalue weighted by Gasteiger charge is -2.15. The van der Waals surface area contributed by atoms with Crippen molar-refractivity contribution in [2.45, 2.75) is 18.6 Å². The smallest absolute Gasteiger partial charge is 0.416 e. The summed E-state index contributed by atoms with van der Waals surface area (Å²) in [5, 5.41) is 2.42. The van der Waals surface area contributed by atoms with Gasteiger partial charge in [-0.1, -0.05) is 48.6 Å². The number of carbonyl (C=O) groups excluding carboxylic acids is 2. The fraction of sp³-hybridized carbons (Fsp3) is 0.200. The average molecular weight is 377 g/mol. The zero-order valence-electron chi connectivity index (χ0n) is 14.5. The predicted molar refractivity (Wildman–Crippen MR) is 94.8 cm³/mol. The Morgan fingerprint density at radius 3 is 2.44 bits per heavy atom. The number of methoxy groups -OCH3 is 1. The van der Waals surface area contributed by atoms with Crippen LogP contribution < -0.4 is 5.32 Å². The van der Waals surface area contributed by atoms with E-state index >= 15 is 0 Å². The monoisotopic (exact) mass is 377 g/mol. The normalized spacial score (nSPS) is 12.6. The Bertz CT molecular complexity index is 817. The summed E-state index contributed by atoms with van der Waals surface area (Å²) in [6.45, 7) is 0. The minimum absolute atomic E-state index is 0.131. The second kappa shape index (κ2) is 9.02. The maximum Gasteiger partial charge on any atom is 0.416 e. The highest BCUT2D eigenvalue weighted by Gasteiger charge is 2.31. The second-order valence-electron chi connectivity index (χ2n) is 5.68. The van der Waals surface area contributed by atoms with Gasteiger partial charge in [-0.2, -0.15) is 13.2 Å². The summed E-state index contributed by atoms with van der Waals surface area (Å²) in [4.78, 5) is 24.2. The van der Waals surface area contributed by atoms with Crippen LogP contribution in [0.1, 0.15) is 27.9 Å². The van der Waals surface area contributed by atoms with Gasteiger partial charge in [0.1, 0.15) is 6.04 Å². The van der Waals surface area contributed by atoms with Crippen molar-refractivity contribution in [2.75, 3.05) is 7.11 Å². The highest BCUT2D eigenvalue weighted by Crippen LogP contribution is 2.29. The van der Waals surface area contributed by atoms with E-state index in [9.17, 15) is 22.8 Å². The van der Waals surface area contributed by atoms with E-state index in [4.69, 9.17) is 0 Å². The number of nitrogens with one attached hydrogen (secondary N) is 1. The molecule has 2 rings (SSSR count). The molecule has 0 fully saturated rings. The Labute approximate surface area is 154 Å². The number of amides is 1. The molecule has 0 unspecified atom stereocenters. The van der Waals surface area contributed by atoms with Crippen LogP contribution >= 0.6 is 0 Å². The fourth-order valence-electron chi connectivity index (χ4n) is 2.34. The lowest BCUT2D eigenvalue weighted by Crippen LogP contribution is -2.41. The molecule has 0 heterocycles. The van der Waals surface area contributed by atoms with Crippen LogP contribution in [-0.2, 0) is 15.7 Å². The maximum absolute atomic E-state index is 12.8. The quantitative estimate of drug-likeness (QED) is 0.772. The van der Waals surface area contributed by atoms with E-state index in [1.54, 1.807) is 12.2 Å². The summed E-state index contributed by atoms with van der Waals surface area (Å²) < 4.78 is 43.0. The highest BCUT2D eigenvalue weighted by molar-refractivity contribution is 5.97. The first kappa shape index (κ1) is 20.2. The van der Waals surface area contributed by atoms with Gasteiger partial charge >= 0.3 is 12.1 Å². The van der Waals surface area contributed by atoms with Crippen LogP contribution in [-0.4, -0.2) is 25.0 Å². The van der Waals surface area contributed by atoms with Crippen molar-refractivity contribution in [3.05, 3.63) is 77.4 Å². The van der Waals surface area contributed by atoms with Gasteiger partial charge in [0.05, 0.1) is 12.7 Å². The van der Waals surface area contributed by atoms with Crippen molar-refractivity contribution >= 4 is 18.0 Å². The molecule has 1 N–H and O–H groups in total. The van der Waals surface area contributed by atoms with Gasteiger partial charge in [0, 0.05) is 5.56 Å². The second-order valence-corrected chi connectivity index (χ2v) is 5.68. The van der Waals surface area contributed by atoms with E-state index in [0.717, 1.165) is 23.8 Å². The Morgan fingerprint density at radius 1 is 1.11 bits per heavy atom. The van der Waals surface area contributed by atoms with E-state index in [1.807, 2.05) is 30.3 Å². The Hall–Kier alpha value is -3.09. The predicted octanol–water partition coefficient (Wildman–Crippen LogP) is 4.08. The lowest BCUT2D eigenvalue weighted by molar-refractivity contribution is -0.142. The third-order valence-corrected chi connectivity index (χ3v) is 3.72. The molecule has 0 aliphatic heterocycles. The van der Waals surface area contributed by atoms with E-state index < -0.39 is 29.7 Å². The first-order valence-electron chi connectivity index (χ1n) is 8.09. The van der Waals surface area contributed by atoms with Crippen molar-refractivity contribution < 1.29 is 27.5 Å². The molecule has 0 saturated carbocycles. The number of halogens is 3. The number of hydrogen-bond acceptors (Lipinski definition) is 3. The van der Waals surface area contributed by atoms with Crippen molar-refractivity contribution in [2.24, 2.45) is 0 Å². The zero-order chi connectivity index (χ0) is 19.9. The largest absolute Gasteiger partial charge is 0.467 e. The van der Waals surface area contributed by atoms with Crippen LogP contribution in [0.15, 0.2) is 60.7 Å². The van der Waals surface area contributed by atoms with Crippen LogP contribution in [0.25, 0.3) is 6.08 Å². The summed E-state index contributed by atoms with van der Waals surface area (Å²) >= 11 is 0. The maximum atomic E-state index is 12.8. The zero-order valence-corrected chi connectivity index (χ0v) is 14.5. The van der Waals surface area contributed by atoms with Crippen molar-refractivity contribution in [3.63, 3.8) is 0 Å². The SMILES string of the molecule is COC(=O)[C@@H](C/C=C/c1ccccc1)NC(=O)c1cccc(C(F)(F)F)c1. The number of carbonyl (C=O) groups is 2. The van der Waals surface area contributed by atoms with E-state index in [0.29, 0.717) is 0 Å². The highest BCUT2D eigenvalue weighted by atomic mass is 19.4. The number of hydrogen-bond donors (Lipinski definition) is 1. The molecule has 1 amide bonds. The molecular weight excluding hydrogens is 359 g/mol. The van der Waals surface area contributed by atoms with Crippen molar-refractivity contribution in [3.8, 4) is 0 Å². The molecular formula is C20H18F3NO3. The molecule has 0 aliphatic rings. The van der Waals surface area contributed by atoms with Crippen LogP contribution in [0, 0.1) is 0 Å². The Balaban J connectivity index is 2.10. The van der Waals surface area contributed by atoms with Gasteiger partial charge in [0.2, 0.25) is 0 Å². The van der Waals surface area contributed by atoms with E-state index in [2.05, 4.69) is 10.1 Å². The molecule has 4 nitrogen and oxygen atoms in total. The molecule has 27 heavy (non-hydrogen) atoms. The van der Waals surface area contributed by atoms with E-state index in [-0.39, 0.29) is 12.0 Å². The van der Waals surface area contributed by atoms with Gasteiger partial charge in [-0.25, -0.2) is 4.79 Å². The van der Waals surface area contributed by atoms with Crippen molar-refractivity contribution in [1.29, 1.82) is 0 Å². The van der Waals surface area contributed by atoms with Crippen molar-refractivity contribution in [1.82, 2.24) is 5.32 Å². The fourth-order valence-corrected chi connectivity index (χ4v) is 2.34. The summed E-state index contributed by atoms with van der Waals surface area (Å²) in [5.41, 5.74) is -0.218. The number of esters is 1. The third-order valence-electron chi connectivity index (χ3n) is 3.72. The minimum atomic E-state index is -4.56. The van der Waals surface area contributed by atoms with Crippen LogP contribution in [0.3, 0.4) is 0 Å². The molecule has 0 bridgehead atoms. The van der Waals surface area contributed by atoms with Gasteiger partial charge in [0.15, 0.2) is 0 Å². The Morgan fingerprint density at radius 2 is 1.81 bits per heavy atom. The molecule has 7 heteroatoms. The Kier molecular flexibility index (Phi) is 6.76. The molecule has 1 atom stereocenters. The van der Waals surface area contributed by atoms with Gasteiger partial charge in [0.25, 0.3) is 5.91 Å². The lowest BCUT2D eigenvalue weighted by atomic mass is 10.1. The summed E-state index contributed by atoms with van der Waals surface area (Å²) in [7, 11) is 1.17. The van der Waals surface area contributed by atoms with E-state index in [1.165, 1.54) is 13.2 Å². The van der Waals surface area contributed by atoms with Gasteiger partial charge in [-0.05, 0) is 30.2 Å². The standard InChI is InChI=1S/C20H18F3NO3/c1-27-19(26)17(12-5-9-14-7-3-2-4-8-14)24-18(25)15-10-6-11-16(13-15)20(21,22)23/h2-11,13,17H,12H2,1H3,(H,24,25)/b9-5+/t17-/m1/s1.